The summed E-state index contributed by atoms with van der Waals surface area (Å²) in [4.78, 5) is 23.5. The number of hydrogen-bond acceptors (Lipinski definition) is 7. The van der Waals surface area contributed by atoms with Gasteiger partial charge >= 0.3 is 5.65 Å². The molecule has 0 bridgehead atoms. The lowest BCUT2D eigenvalue weighted by molar-refractivity contribution is -0.661. The van der Waals surface area contributed by atoms with Crippen molar-refractivity contribution in [1.29, 1.82) is 0 Å². The molecular weight excluding hydrogens is 605 g/mol. The molecule has 0 radical (unpaired) electrons. The lowest BCUT2D eigenvalue weighted by Crippen LogP contribution is -2.31. The molecule has 46 heavy (non-hydrogen) atoms. The molecule has 0 saturated heterocycles. The standard InChI is InChI=1S/C38H31N6S2/c1-3-7-31-29(5-1)39-33-35(41-31)45-37-27(13-15-43(33)37)23-11-9-21-17-22-10-12-24(19-26(22)20-25(21)18-23)28-14-16-44-34-36(46-38(28)44)42-32-8-4-2-6-30(32)40-34/h1-8,18-22H,9-17H2/q+1. The fourth-order valence-electron chi connectivity index (χ4n) is 8.66. The Kier molecular flexibility index (Phi) is 5.47. The van der Waals surface area contributed by atoms with Crippen LogP contribution in [-0.4, -0.2) is 26.5 Å². The molecule has 0 amide bonds. The summed E-state index contributed by atoms with van der Waals surface area (Å²) in [5.41, 5.74) is 14.2. The number of thiazole rings is 1. The van der Waals surface area contributed by atoms with Crippen molar-refractivity contribution in [2.24, 2.45) is 11.8 Å². The molecule has 8 heteroatoms. The van der Waals surface area contributed by atoms with Crippen LogP contribution in [0.15, 0.2) is 105 Å². The SMILES string of the molecule is C1=C(C2=C3Sc4nc5ccccc5nc4N3CC2)CCC2CC3CCC(=C4CC[n+]5c4sc4nc6ccccc6nc45)C=C3C=C12. The minimum absolute atomic E-state index is 0.688. The highest BCUT2D eigenvalue weighted by Crippen LogP contribution is 2.53. The van der Waals surface area contributed by atoms with Gasteiger partial charge in [-0.2, -0.15) is 0 Å². The van der Waals surface area contributed by atoms with Gasteiger partial charge in [0.1, 0.15) is 10.5 Å². The molecule has 3 aliphatic heterocycles. The number of allylic oxidation sites excluding steroid dienone is 8. The molecule has 3 aromatic heterocycles. The maximum atomic E-state index is 5.03. The molecule has 6 heterocycles. The van der Waals surface area contributed by atoms with E-state index in [9.17, 15) is 0 Å². The zero-order valence-corrected chi connectivity index (χ0v) is 27.0. The number of benzene rings is 2. The first-order chi connectivity index (χ1) is 22.7. The van der Waals surface area contributed by atoms with Crippen molar-refractivity contribution >= 4 is 67.0 Å². The van der Waals surface area contributed by atoms with Gasteiger partial charge in [-0.15, -0.1) is 0 Å². The van der Waals surface area contributed by atoms with Crippen molar-refractivity contribution in [3.8, 4) is 0 Å². The van der Waals surface area contributed by atoms with Crippen LogP contribution in [0, 0.1) is 11.8 Å². The van der Waals surface area contributed by atoms with Gasteiger partial charge < -0.3 is 4.90 Å². The van der Waals surface area contributed by atoms with E-state index in [4.69, 9.17) is 19.9 Å². The second-order valence-electron chi connectivity index (χ2n) is 13.4. The van der Waals surface area contributed by atoms with Gasteiger partial charge in [0.2, 0.25) is 10.3 Å². The van der Waals surface area contributed by atoms with Gasteiger partial charge in [-0.05, 0) is 119 Å². The summed E-state index contributed by atoms with van der Waals surface area (Å²) >= 11 is 3.65. The summed E-state index contributed by atoms with van der Waals surface area (Å²) < 4.78 is 2.42. The summed E-state index contributed by atoms with van der Waals surface area (Å²) in [5, 5.41) is 3.78. The number of anilines is 1. The lowest BCUT2D eigenvalue weighted by Gasteiger charge is -2.36. The Morgan fingerprint density at radius 1 is 0.717 bits per heavy atom. The molecule has 11 rings (SSSR count). The molecule has 224 valence electrons. The normalized spacial score (nSPS) is 25.0. The predicted octanol–water partition coefficient (Wildman–Crippen LogP) is 8.46. The molecule has 3 aliphatic carbocycles. The quantitative estimate of drug-likeness (QED) is 0.172. The number of para-hydroxylation sites is 4. The van der Waals surface area contributed by atoms with Gasteiger partial charge in [-0.1, -0.05) is 53.8 Å². The highest BCUT2D eigenvalue weighted by molar-refractivity contribution is 8.03. The van der Waals surface area contributed by atoms with Crippen molar-refractivity contribution in [3.63, 3.8) is 0 Å². The van der Waals surface area contributed by atoms with Gasteiger partial charge in [0, 0.05) is 18.5 Å². The van der Waals surface area contributed by atoms with Crippen LogP contribution in [0.4, 0.5) is 5.82 Å². The number of rotatable bonds is 1. The van der Waals surface area contributed by atoms with Crippen LogP contribution in [-0.2, 0) is 6.54 Å². The minimum atomic E-state index is 0.688. The zero-order valence-electron chi connectivity index (χ0n) is 25.4. The van der Waals surface area contributed by atoms with Gasteiger partial charge in [0.25, 0.3) is 0 Å². The molecule has 2 atom stereocenters. The first-order valence-corrected chi connectivity index (χ1v) is 18.3. The zero-order chi connectivity index (χ0) is 29.9. The third-order valence-corrected chi connectivity index (χ3v) is 13.2. The van der Waals surface area contributed by atoms with Gasteiger partial charge in [0.15, 0.2) is 10.8 Å². The van der Waals surface area contributed by atoms with Crippen molar-refractivity contribution in [2.45, 2.75) is 56.5 Å². The van der Waals surface area contributed by atoms with E-state index in [2.05, 4.69) is 64.1 Å². The molecule has 6 nitrogen and oxygen atoms in total. The van der Waals surface area contributed by atoms with E-state index in [0.717, 1.165) is 69.3 Å². The smallest absolute Gasteiger partial charge is 0.318 e. The summed E-state index contributed by atoms with van der Waals surface area (Å²) in [7, 11) is 0. The molecule has 0 N–H and O–H groups in total. The Balaban J connectivity index is 0.947. The maximum absolute atomic E-state index is 5.03. The largest absolute Gasteiger partial charge is 0.361 e. The van der Waals surface area contributed by atoms with E-state index in [1.807, 2.05) is 35.2 Å². The van der Waals surface area contributed by atoms with E-state index in [1.165, 1.54) is 64.4 Å². The summed E-state index contributed by atoms with van der Waals surface area (Å²) in [6.07, 6.45) is 16.1. The Labute approximate surface area is 275 Å². The first kappa shape index (κ1) is 26.0. The third-order valence-electron chi connectivity index (χ3n) is 10.9. The molecular formula is C38H31N6S2+. The summed E-state index contributed by atoms with van der Waals surface area (Å²) in [5.74, 6) is 2.42. The van der Waals surface area contributed by atoms with E-state index >= 15 is 0 Å². The van der Waals surface area contributed by atoms with E-state index < -0.39 is 0 Å². The summed E-state index contributed by atoms with van der Waals surface area (Å²) in [6.45, 7) is 2.00. The van der Waals surface area contributed by atoms with Crippen molar-refractivity contribution in [2.75, 3.05) is 11.4 Å². The molecule has 0 saturated carbocycles. The van der Waals surface area contributed by atoms with Gasteiger partial charge in [-0.25, -0.2) is 19.5 Å². The van der Waals surface area contributed by atoms with Crippen molar-refractivity contribution in [1.82, 2.24) is 19.9 Å². The molecule has 2 aromatic carbocycles. The molecule has 5 aromatic rings. The minimum Gasteiger partial charge on any atom is -0.318 e. The van der Waals surface area contributed by atoms with Gasteiger partial charge in [-0.3, -0.25) is 0 Å². The van der Waals surface area contributed by atoms with Crippen LogP contribution >= 0.6 is 23.1 Å². The molecule has 2 unspecified atom stereocenters. The van der Waals surface area contributed by atoms with Crippen molar-refractivity contribution < 1.29 is 4.57 Å². The topological polar surface area (TPSA) is 58.7 Å². The fraction of sp³-hybridized carbons (Fsp3) is 0.289. The van der Waals surface area contributed by atoms with Crippen molar-refractivity contribution in [3.05, 3.63) is 105 Å². The Morgan fingerprint density at radius 3 is 2.30 bits per heavy atom. The number of fused-ring (bicyclic) bond motifs is 10. The van der Waals surface area contributed by atoms with E-state index in [1.54, 1.807) is 11.1 Å². The number of thioether (sulfide) groups is 1. The van der Waals surface area contributed by atoms with Crippen LogP contribution in [0.25, 0.3) is 38.1 Å². The second-order valence-corrected chi connectivity index (χ2v) is 15.4. The van der Waals surface area contributed by atoms with Crippen LogP contribution in [0.5, 0.6) is 0 Å². The number of hydrogen-bond donors (Lipinski definition) is 0. The predicted molar refractivity (Wildman–Crippen MR) is 185 cm³/mol. The van der Waals surface area contributed by atoms with E-state index in [-0.39, 0.29) is 0 Å². The average molecular weight is 636 g/mol. The Morgan fingerprint density at radius 2 is 1.46 bits per heavy atom. The van der Waals surface area contributed by atoms with Crippen LogP contribution in [0.2, 0.25) is 0 Å². The molecule has 0 spiro atoms. The third kappa shape index (κ3) is 3.80. The van der Waals surface area contributed by atoms with E-state index in [0.29, 0.717) is 11.8 Å². The Hall–Kier alpha value is -4.14. The maximum Gasteiger partial charge on any atom is 0.361 e. The fourth-order valence-corrected chi connectivity index (χ4v) is 11.1. The molecule has 0 fully saturated rings. The van der Waals surface area contributed by atoms with Gasteiger partial charge in [0.05, 0.1) is 22.6 Å². The highest BCUT2D eigenvalue weighted by atomic mass is 32.2. The summed E-state index contributed by atoms with van der Waals surface area (Å²) in [6, 6.07) is 16.5. The lowest BCUT2D eigenvalue weighted by atomic mass is 9.68. The van der Waals surface area contributed by atoms with Crippen LogP contribution in [0.1, 0.15) is 50.0 Å². The van der Waals surface area contributed by atoms with Crippen LogP contribution < -0.4 is 9.47 Å². The number of aromatic nitrogens is 5. The average Bonchev–Trinajstić information content (AvgIpc) is 3.86. The monoisotopic (exact) mass is 635 g/mol. The first-order valence-electron chi connectivity index (χ1n) is 16.6. The Bertz CT molecular complexity index is 2360. The number of aryl methyl sites for hydroxylation is 1. The highest BCUT2D eigenvalue weighted by Gasteiger charge is 2.39. The van der Waals surface area contributed by atoms with Crippen LogP contribution in [0.3, 0.4) is 0 Å². The second kappa shape index (κ2) is 9.69. The molecule has 6 aliphatic rings. The number of nitrogens with zero attached hydrogens (tertiary/aromatic N) is 6.